The third kappa shape index (κ3) is 3.34. The van der Waals surface area contributed by atoms with Gasteiger partial charge in [-0.15, -0.1) is 0 Å². The first-order valence-electron chi connectivity index (χ1n) is 6.72. The number of aromatic nitrogens is 2. The molecule has 0 saturated heterocycles. The van der Waals surface area contributed by atoms with E-state index < -0.39 is 0 Å². The average molecular weight is 282 g/mol. The molecule has 0 fully saturated rings. The maximum atomic E-state index is 12.1. The first-order valence-corrected chi connectivity index (χ1v) is 6.72. The van der Waals surface area contributed by atoms with E-state index in [-0.39, 0.29) is 17.1 Å². The second-order valence-electron chi connectivity index (χ2n) is 5.08. The fourth-order valence-electron chi connectivity index (χ4n) is 1.98. The Bertz CT molecular complexity index is 734. The number of phenolic OH excluding ortho intramolecular Hbond substituents is 1. The Balaban J connectivity index is 2.29. The van der Waals surface area contributed by atoms with Gasteiger partial charge in [0.05, 0.1) is 28.3 Å². The van der Waals surface area contributed by atoms with Crippen molar-refractivity contribution in [3.63, 3.8) is 0 Å². The van der Waals surface area contributed by atoms with E-state index in [1.165, 1.54) is 6.08 Å². The van der Waals surface area contributed by atoms with Gasteiger partial charge in [0.2, 0.25) is 0 Å². The molecule has 1 aromatic heterocycles. The second kappa shape index (κ2) is 5.87. The molecule has 2 rings (SSSR count). The number of aryl methyl sites for hydroxylation is 4. The van der Waals surface area contributed by atoms with Crippen LogP contribution in [-0.2, 0) is 0 Å². The molecule has 0 amide bonds. The van der Waals surface area contributed by atoms with Crippen molar-refractivity contribution in [3.8, 4) is 5.75 Å². The van der Waals surface area contributed by atoms with Gasteiger partial charge in [0, 0.05) is 0 Å². The number of carbonyl (C=O) groups is 1. The number of ketones is 1. The third-order valence-electron chi connectivity index (χ3n) is 3.33. The molecule has 21 heavy (non-hydrogen) atoms. The SMILES string of the molecule is Cc1ccc(C(=O)C=Cc2nc(C)c(C)nc2C)c(O)c1. The predicted molar refractivity (Wildman–Crippen MR) is 82.5 cm³/mol. The summed E-state index contributed by atoms with van der Waals surface area (Å²) in [6, 6.07) is 4.99. The van der Waals surface area contributed by atoms with Crippen molar-refractivity contribution >= 4 is 11.9 Å². The molecule has 108 valence electrons. The van der Waals surface area contributed by atoms with E-state index in [4.69, 9.17) is 0 Å². The second-order valence-corrected chi connectivity index (χ2v) is 5.08. The maximum absolute atomic E-state index is 12.1. The highest BCUT2D eigenvalue weighted by molar-refractivity contribution is 6.08. The molecule has 0 bridgehead atoms. The lowest BCUT2D eigenvalue weighted by Gasteiger charge is -2.04. The van der Waals surface area contributed by atoms with Crippen molar-refractivity contribution in [3.05, 3.63) is 58.2 Å². The summed E-state index contributed by atoms with van der Waals surface area (Å²) in [5, 5.41) is 9.81. The molecule has 1 heterocycles. The first-order chi connectivity index (χ1) is 9.88. The van der Waals surface area contributed by atoms with Gasteiger partial charge in [-0.05, 0) is 57.5 Å². The van der Waals surface area contributed by atoms with Gasteiger partial charge < -0.3 is 5.11 Å². The van der Waals surface area contributed by atoms with E-state index in [0.717, 1.165) is 22.6 Å². The van der Waals surface area contributed by atoms with Crippen LogP contribution in [0.2, 0.25) is 0 Å². The first kappa shape index (κ1) is 14.9. The molecule has 0 spiro atoms. The number of rotatable bonds is 3. The van der Waals surface area contributed by atoms with Gasteiger partial charge in [-0.3, -0.25) is 9.78 Å². The molecule has 2 aromatic rings. The molecule has 0 aliphatic heterocycles. The van der Waals surface area contributed by atoms with Crippen LogP contribution in [0.1, 0.15) is 38.7 Å². The van der Waals surface area contributed by atoms with E-state index in [1.807, 2.05) is 27.7 Å². The molecule has 0 unspecified atom stereocenters. The van der Waals surface area contributed by atoms with Crippen LogP contribution in [0.3, 0.4) is 0 Å². The fourth-order valence-corrected chi connectivity index (χ4v) is 1.98. The molecule has 0 aliphatic rings. The zero-order chi connectivity index (χ0) is 15.6. The van der Waals surface area contributed by atoms with Gasteiger partial charge in [0.1, 0.15) is 5.75 Å². The van der Waals surface area contributed by atoms with Crippen LogP contribution in [0.5, 0.6) is 5.75 Å². The van der Waals surface area contributed by atoms with Gasteiger partial charge in [0.25, 0.3) is 0 Å². The zero-order valence-electron chi connectivity index (χ0n) is 12.6. The lowest BCUT2D eigenvalue weighted by molar-refractivity contribution is 0.104. The van der Waals surface area contributed by atoms with Crippen LogP contribution < -0.4 is 0 Å². The smallest absolute Gasteiger partial charge is 0.189 e. The lowest BCUT2D eigenvalue weighted by Crippen LogP contribution is -2.00. The molecule has 0 aliphatic carbocycles. The Morgan fingerprint density at radius 1 is 1.05 bits per heavy atom. The van der Waals surface area contributed by atoms with Crippen LogP contribution in [0.4, 0.5) is 0 Å². The molecular weight excluding hydrogens is 264 g/mol. The molecule has 0 radical (unpaired) electrons. The van der Waals surface area contributed by atoms with Crippen LogP contribution in [0.25, 0.3) is 6.08 Å². The molecule has 0 saturated carbocycles. The van der Waals surface area contributed by atoms with E-state index in [9.17, 15) is 9.90 Å². The minimum atomic E-state index is -0.257. The Hall–Kier alpha value is -2.49. The number of hydrogen-bond donors (Lipinski definition) is 1. The minimum absolute atomic E-state index is 0.00690. The molecular formula is C17H18N2O2. The van der Waals surface area contributed by atoms with Gasteiger partial charge in [-0.25, -0.2) is 4.98 Å². The van der Waals surface area contributed by atoms with Gasteiger partial charge in [0.15, 0.2) is 5.78 Å². The monoisotopic (exact) mass is 282 g/mol. The van der Waals surface area contributed by atoms with Gasteiger partial charge >= 0.3 is 0 Å². The van der Waals surface area contributed by atoms with Crippen LogP contribution in [0.15, 0.2) is 24.3 Å². The molecule has 1 aromatic carbocycles. The topological polar surface area (TPSA) is 63.1 Å². The number of allylic oxidation sites excluding steroid dienone is 1. The Morgan fingerprint density at radius 3 is 2.38 bits per heavy atom. The summed E-state index contributed by atoms with van der Waals surface area (Å²) in [5.74, 6) is -0.264. The van der Waals surface area contributed by atoms with E-state index in [2.05, 4.69) is 9.97 Å². The molecule has 4 heteroatoms. The zero-order valence-corrected chi connectivity index (χ0v) is 12.6. The van der Waals surface area contributed by atoms with Crippen molar-refractivity contribution in [2.24, 2.45) is 0 Å². The quantitative estimate of drug-likeness (QED) is 0.693. The summed E-state index contributed by atoms with van der Waals surface area (Å²) in [6.07, 6.45) is 3.05. The summed E-state index contributed by atoms with van der Waals surface area (Å²) < 4.78 is 0. The van der Waals surface area contributed by atoms with Gasteiger partial charge in [-0.1, -0.05) is 6.07 Å². The Kier molecular flexibility index (Phi) is 4.17. The summed E-state index contributed by atoms with van der Waals surface area (Å²) in [7, 11) is 0. The van der Waals surface area contributed by atoms with E-state index >= 15 is 0 Å². The maximum Gasteiger partial charge on any atom is 0.189 e. The molecule has 1 N–H and O–H groups in total. The van der Waals surface area contributed by atoms with Crippen LogP contribution in [0, 0.1) is 27.7 Å². The van der Waals surface area contributed by atoms with Crippen molar-refractivity contribution in [1.82, 2.24) is 9.97 Å². The number of carbonyl (C=O) groups excluding carboxylic acids is 1. The van der Waals surface area contributed by atoms with Crippen molar-refractivity contribution in [2.75, 3.05) is 0 Å². The fraction of sp³-hybridized carbons (Fsp3) is 0.235. The molecule has 0 atom stereocenters. The summed E-state index contributed by atoms with van der Waals surface area (Å²) in [5.41, 5.74) is 4.35. The minimum Gasteiger partial charge on any atom is -0.507 e. The highest BCUT2D eigenvalue weighted by Gasteiger charge is 2.09. The average Bonchev–Trinajstić information content (AvgIpc) is 2.41. The van der Waals surface area contributed by atoms with Crippen molar-refractivity contribution in [1.29, 1.82) is 0 Å². The number of nitrogens with zero attached hydrogens (tertiary/aromatic N) is 2. The van der Waals surface area contributed by atoms with E-state index in [1.54, 1.807) is 24.3 Å². The van der Waals surface area contributed by atoms with Gasteiger partial charge in [-0.2, -0.15) is 0 Å². The largest absolute Gasteiger partial charge is 0.507 e. The summed E-state index contributed by atoms with van der Waals surface area (Å²) in [6.45, 7) is 7.50. The van der Waals surface area contributed by atoms with Crippen LogP contribution >= 0.6 is 0 Å². The number of benzene rings is 1. The molecule has 4 nitrogen and oxygen atoms in total. The summed E-state index contributed by atoms with van der Waals surface area (Å²) >= 11 is 0. The third-order valence-corrected chi connectivity index (χ3v) is 3.33. The van der Waals surface area contributed by atoms with Crippen molar-refractivity contribution < 1.29 is 9.90 Å². The number of aromatic hydroxyl groups is 1. The highest BCUT2D eigenvalue weighted by Crippen LogP contribution is 2.19. The predicted octanol–water partition coefficient (Wildman–Crippen LogP) is 3.31. The number of phenols is 1. The summed E-state index contributed by atoms with van der Waals surface area (Å²) in [4.78, 5) is 20.9. The lowest BCUT2D eigenvalue weighted by atomic mass is 10.1. The number of hydrogen-bond acceptors (Lipinski definition) is 4. The Labute approximate surface area is 124 Å². The Morgan fingerprint density at radius 2 is 1.71 bits per heavy atom. The standard InChI is InChI=1S/C17H18N2O2/c1-10-5-6-14(17(21)9-10)16(20)8-7-15-13(4)18-11(2)12(3)19-15/h5-9,21H,1-4H3. The highest BCUT2D eigenvalue weighted by atomic mass is 16.3. The normalized spacial score (nSPS) is 11.0. The van der Waals surface area contributed by atoms with Crippen molar-refractivity contribution in [2.45, 2.75) is 27.7 Å². The van der Waals surface area contributed by atoms with E-state index in [0.29, 0.717) is 5.69 Å². The van der Waals surface area contributed by atoms with Crippen LogP contribution in [-0.4, -0.2) is 20.9 Å².